The van der Waals surface area contributed by atoms with Crippen LogP contribution in [0.15, 0.2) is 36.5 Å². The number of hydrogen-bond acceptors (Lipinski definition) is 4. The second kappa shape index (κ2) is 8.84. The third-order valence-electron chi connectivity index (χ3n) is 3.23. The molecule has 1 aromatic carbocycles. The number of urea groups is 1. The van der Waals surface area contributed by atoms with Crippen molar-refractivity contribution in [2.75, 3.05) is 24.4 Å². The van der Waals surface area contributed by atoms with Gasteiger partial charge < -0.3 is 20.7 Å². The molecule has 2 rings (SSSR count). The van der Waals surface area contributed by atoms with Crippen molar-refractivity contribution in [1.82, 2.24) is 15.1 Å². The third-order valence-corrected chi connectivity index (χ3v) is 3.23. The van der Waals surface area contributed by atoms with Crippen LogP contribution in [0.5, 0.6) is 0 Å². The van der Waals surface area contributed by atoms with Gasteiger partial charge in [0.25, 0.3) is 5.91 Å². The van der Waals surface area contributed by atoms with Crippen molar-refractivity contribution in [2.24, 2.45) is 0 Å². The van der Waals surface area contributed by atoms with Crippen LogP contribution in [0, 0.1) is 0 Å². The summed E-state index contributed by atoms with van der Waals surface area (Å²) in [6.07, 6.45) is 1.77. The summed E-state index contributed by atoms with van der Waals surface area (Å²) in [5.74, 6) is 0.204. The summed E-state index contributed by atoms with van der Waals surface area (Å²) in [4.78, 5) is 23.9. The maximum atomic E-state index is 12.2. The van der Waals surface area contributed by atoms with Gasteiger partial charge in [-0.2, -0.15) is 5.10 Å². The zero-order valence-electron chi connectivity index (χ0n) is 14.6. The van der Waals surface area contributed by atoms with Crippen LogP contribution in [0.2, 0.25) is 0 Å². The molecular weight excluding hydrogens is 322 g/mol. The molecule has 0 saturated carbocycles. The summed E-state index contributed by atoms with van der Waals surface area (Å²) in [6, 6.07) is 8.12. The molecule has 8 heteroatoms. The highest BCUT2D eigenvalue weighted by Gasteiger charge is 2.09. The molecule has 0 unspecified atom stereocenters. The highest BCUT2D eigenvalue weighted by atomic mass is 16.5. The van der Waals surface area contributed by atoms with Crippen molar-refractivity contribution in [1.29, 1.82) is 0 Å². The first-order valence-corrected chi connectivity index (χ1v) is 7.99. The SMILES string of the molecule is COCCn1ccc(NC(=O)c2ccc(NC(=O)NC(C)C)cc2)n1. The van der Waals surface area contributed by atoms with Crippen molar-refractivity contribution < 1.29 is 14.3 Å². The van der Waals surface area contributed by atoms with Crippen LogP contribution in [0.3, 0.4) is 0 Å². The van der Waals surface area contributed by atoms with Gasteiger partial charge in [0.2, 0.25) is 0 Å². The maximum Gasteiger partial charge on any atom is 0.319 e. The summed E-state index contributed by atoms with van der Waals surface area (Å²) in [6.45, 7) is 4.92. The molecule has 0 aliphatic heterocycles. The van der Waals surface area contributed by atoms with Gasteiger partial charge in [-0.1, -0.05) is 0 Å². The Bertz CT molecular complexity index is 709. The minimum Gasteiger partial charge on any atom is -0.383 e. The second-order valence-electron chi connectivity index (χ2n) is 5.74. The normalized spacial score (nSPS) is 10.6. The maximum absolute atomic E-state index is 12.2. The Hall–Kier alpha value is -2.87. The number of benzene rings is 1. The average molecular weight is 345 g/mol. The fraction of sp³-hybridized carbons (Fsp3) is 0.353. The molecule has 0 fully saturated rings. The largest absolute Gasteiger partial charge is 0.383 e. The van der Waals surface area contributed by atoms with Crippen LogP contribution in [-0.2, 0) is 11.3 Å². The van der Waals surface area contributed by atoms with Crippen LogP contribution in [0.4, 0.5) is 16.3 Å². The molecule has 8 nitrogen and oxygen atoms in total. The second-order valence-corrected chi connectivity index (χ2v) is 5.74. The number of aromatic nitrogens is 2. The molecule has 0 aliphatic carbocycles. The zero-order chi connectivity index (χ0) is 18.2. The molecule has 0 radical (unpaired) electrons. The molecule has 1 heterocycles. The Kier molecular flexibility index (Phi) is 6.53. The van der Waals surface area contributed by atoms with E-state index in [0.717, 1.165) is 0 Å². The summed E-state index contributed by atoms with van der Waals surface area (Å²) in [5, 5.41) is 12.4. The number of anilines is 2. The van der Waals surface area contributed by atoms with Crippen molar-refractivity contribution >= 4 is 23.4 Å². The number of ether oxygens (including phenoxy) is 1. The van der Waals surface area contributed by atoms with E-state index >= 15 is 0 Å². The monoisotopic (exact) mass is 345 g/mol. The predicted molar refractivity (Wildman–Crippen MR) is 95.8 cm³/mol. The Balaban J connectivity index is 1.91. The molecule has 0 atom stereocenters. The standard InChI is InChI=1S/C17H23N5O3/c1-12(2)18-17(24)19-14-6-4-13(5-7-14)16(23)20-15-8-9-22(21-15)10-11-25-3/h4-9,12H,10-11H2,1-3H3,(H2,18,19,24)(H,20,21,23). The van der Waals surface area contributed by atoms with Gasteiger partial charge >= 0.3 is 6.03 Å². The summed E-state index contributed by atoms with van der Waals surface area (Å²) in [7, 11) is 1.62. The number of carbonyl (C=O) groups excluding carboxylic acids is 2. The number of nitrogens with zero attached hydrogens (tertiary/aromatic N) is 2. The van der Waals surface area contributed by atoms with Crippen LogP contribution >= 0.6 is 0 Å². The van der Waals surface area contributed by atoms with Crippen molar-refractivity contribution in [2.45, 2.75) is 26.4 Å². The minimum atomic E-state index is -0.284. The van der Waals surface area contributed by atoms with E-state index < -0.39 is 0 Å². The van der Waals surface area contributed by atoms with Gasteiger partial charge in [0.05, 0.1) is 13.2 Å². The minimum absolute atomic E-state index is 0.0498. The molecule has 0 spiro atoms. The highest BCUT2D eigenvalue weighted by molar-refractivity contribution is 6.04. The Morgan fingerprint density at radius 3 is 2.52 bits per heavy atom. The van der Waals surface area contributed by atoms with E-state index in [0.29, 0.717) is 30.2 Å². The van der Waals surface area contributed by atoms with Crippen LogP contribution in [0.25, 0.3) is 0 Å². The molecule has 0 aliphatic rings. The fourth-order valence-electron chi connectivity index (χ4n) is 2.06. The van der Waals surface area contributed by atoms with E-state index in [1.807, 2.05) is 13.8 Å². The summed E-state index contributed by atoms with van der Waals surface area (Å²) >= 11 is 0. The number of amides is 3. The average Bonchev–Trinajstić information content (AvgIpc) is 3.00. The van der Waals surface area contributed by atoms with E-state index in [1.165, 1.54) is 0 Å². The molecule has 134 valence electrons. The van der Waals surface area contributed by atoms with Gasteiger partial charge in [0.15, 0.2) is 5.82 Å². The van der Waals surface area contributed by atoms with E-state index in [9.17, 15) is 9.59 Å². The third kappa shape index (κ3) is 5.92. The van der Waals surface area contributed by atoms with Gasteiger partial charge in [-0.05, 0) is 38.1 Å². The fourth-order valence-corrected chi connectivity index (χ4v) is 2.06. The lowest BCUT2D eigenvalue weighted by Crippen LogP contribution is -2.34. The first-order chi connectivity index (χ1) is 12.0. The number of carbonyl (C=O) groups is 2. The van der Waals surface area contributed by atoms with Gasteiger partial charge in [-0.15, -0.1) is 0 Å². The lowest BCUT2D eigenvalue weighted by Gasteiger charge is -2.10. The van der Waals surface area contributed by atoms with E-state index in [1.54, 1.807) is 48.3 Å². The molecule has 0 saturated heterocycles. The smallest absolute Gasteiger partial charge is 0.319 e. The topological polar surface area (TPSA) is 97.3 Å². The van der Waals surface area contributed by atoms with Crippen LogP contribution in [-0.4, -0.2) is 41.5 Å². The molecule has 3 N–H and O–H groups in total. The highest BCUT2D eigenvalue weighted by Crippen LogP contribution is 2.12. The van der Waals surface area contributed by atoms with Gasteiger partial charge in [0.1, 0.15) is 0 Å². The molecule has 2 aromatic rings. The van der Waals surface area contributed by atoms with Gasteiger partial charge in [0, 0.05) is 36.7 Å². The van der Waals surface area contributed by atoms with E-state index in [-0.39, 0.29) is 18.0 Å². The number of rotatable bonds is 7. The Labute approximate surface area is 146 Å². The first-order valence-electron chi connectivity index (χ1n) is 7.99. The van der Waals surface area contributed by atoms with Gasteiger partial charge in [-0.3, -0.25) is 9.48 Å². The van der Waals surface area contributed by atoms with Crippen LogP contribution in [0.1, 0.15) is 24.2 Å². The predicted octanol–water partition coefficient (Wildman–Crippen LogP) is 2.31. The van der Waals surface area contributed by atoms with Gasteiger partial charge in [-0.25, -0.2) is 4.79 Å². The van der Waals surface area contributed by atoms with E-state index in [2.05, 4.69) is 21.0 Å². The van der Waals surface area contributed by atoms with Crippen molar-refractivity contribution in [3.05, 3.63) is 42.1 Å². The number of nitrogens with one attached hydrogen (secondary N) is 3. The number of methoxy groups -OCH3 is 1. The Morgan fingerprint density at radius 1 is 1.16 bits per heavy atom. The lowest BCUT2D eigenvalue weighted by molar-refractivity contribution is 0.102. The molecular formula is C17H23N5O3. The zero-order valence-corrected chi connectivity index (χ0v) is 14.6. The molecule has 3 amide bonds. The Morgan fingerprint density at radius 2 is 1.88 bits per heavy atom. The van der Waals surface area contributed by atoms with Crippen molar-refractivity contribution in [3.8, 4) is 0 Å². The van der Waals surface area contributed by atoms with E-state index in [4.69, 9.17) is 4.74 Å². The van der Waals surface area contributed by atoms with Crippen LogP contribution < -0.4 is 16.0 Å². The molecule has 0 bridgehead atoms. The summed E-state index contributed by atoms with van der Waals surface area (Å²) in [5.41, 5.74) is 1.08. The summed E-state index contributed by atoms with van der Waals surface area (Å²) < 4.78 is 6.68. The molecule has 1 aromatic heterocycles. The lowest BCUT2D eigenvalue weighted by atomic mass is 10.2. The van der Waals surface area contributed by atoms with Crippen molar-refractivity contribution in [3.63, 3.8) is 0 Å². The first kappa shape index (κ1) is 18.5. The molecule has 25 heavy (non-hydrogen) atoms. The number of hydrogen-bond donors (Lipinski definition) is 3. The quantitative estimate of drug-likeness (QED) is 0.717.